The number of nitriles is 1. The van der Waals surface area contributed by atoms with Crippen molar-refractivity contribution < 1.29 is 14.0 Å². The molecule has 0 aliphatic rings. The summed E-state index contributed by atoms with van der Waals surface area (Å²) in [5.74, 6) is 0.261. The lowest BCUT2D eigenvalue weighted by Crippen LogP contribution is -2.27. The second-order valence-electron chi connectivity index (χ2n) is 6.35. The lowest BCUT2D eigenvalue weighted by molar-refractivity contribution is 0.0782. The Hall–Kier alpha value is -3.79. The van der Waals surface area contributed by atoms with E-state index in [4.69, 9.17) is 4.42 Å². The molecular weight excluding hydrogens is 356 g/mol. The molecule has 0 spiro atoms. The van der Waals surface area contributed by atoms with Gasteiger partial charge in [0.2, 0.25) is 5.88 Å². The Labute approximate surface area is 162 Å². The lowest BCUT2D eigenvalue weighted by atomic mass is 10.1. The van der Waals surface area contributed by atoms with Crippen LogP contribution in [0.4, 0.5) is 0 Å². The number of benzene rings is 1. The second kappa shape index (κ2) is 7.84. The van der Waals surface area contributed by atoms with Crippen LogP contribution in [0.25, 0.3) is 5.88 Å². The predicted octanol–water partition coefficient (Wildman–Crippen LogP) is 2.88. The Bertz CT molecular complexity index is 1040. The van der Waals surface area contributed by atoms with Gasteiger partial charge in [-0.15, -0.1) is 0 Å². The van der Waals surface area contributed by atoms with E-state index in [2.05, 4.69) is 11.4 Å². The van der Waals surface area contributed by atoms with E-state index >= 15 is 0 Å². The molecule has 2 aromatic heterocycles. The van der Waals surface area contributed by atoms with E-state index in [0.29, 0.717) is 23.8 Å². The molecule has 2 amide bonds. The molecule has 1 N–H and O–H groups in total. The topological polar surface area (TPSA) is 91.3 Å². The average Bonchev–Trinajstić information content (AvgIpc) is 3.34. The summed E-state index contributed by atoms with van der Waals surface area (Å²) in [7, 11) is 3.24. The van der Waals surface area contributed by atoms with Crippen LogP contribution in [0.15, 0.2) is 53.2 Å². The summed E-state index contributed by atoms with van der Waals surface area (Å²) >= 11 is 0. The van der Waals surface area contributed by atoms with Crippen LogP contribution in [-0.4, -0.2) is 35.4 Å². The lowest BCUT2D eigenvalue weighted by Gasteiger charge is -2.17. The summed E-state index contributed by atoms with van der Waals surface area (Å²) in [6.07, 6.45) is 3.51. The first-order chi connectivity index (χ1) is 13.5. The minimum Gasteiger partial charge on any atom is -0.443 e. The molecule has 3 aromatic rings. The van der Waals surface area contributed by atoms with Crippen LogP contribution in [-0.2, 0) is 6.54 Å². The molecule has 0 fully saturated rings. The molecule has 7 heteroatoms. The first-order valence-corrected chi connectivity index (χ1v) is 8.69. The van der Waals surface area contributed by atoms with Crippen molar-refractivity contribution in [1.82, 2.24) is 14.8 Å². The number of amides is 2. The van der Waals surface area contributed by atoms with E-state index in [1.54, 1.807) is 62.2 Å². The molecule has 2 heterocycles. The third-order valence-electron chi connectivity index (χ3n) is 4.44. The SMILES string of the molecule is CNC(=O)c1ccc(CN(C)C(=O)c2c(C)oc(-n3cccc3)c2C#N)cc1. The van der Waals surface area contributed by atoms with Crippen molar-refractivity contribution >= 4 is 11.8 Å². The number of nitrogens with zero attached hydrogens (tertiary/aromatic N) is 3. The molecule has 0 unspecified atom stereocenters. The first kappa shape index (κ1) is 19.0. The summed E-state index contributed by atoms with van der Waals surface area (Å²) in [4.78, 5) is 26.1. The van der Waals surface area contributed by atoms with Gasteiger partial charge in [0.25, 0.3) is 11.8 Å². The van der Waals surface area contributed by atoms with E-state index in [-0.39, 0.29) is 22.9 Å². The van der Waals surface area contributed by atoms with Gasteiger partial charge in [0, 0.05) is 38.6 Å². The molecule has 28 heavy (non-hydrogen) atoms. The molecule has 0 aliphatic heterocycles. The molecule has 0 aliphatic carbocycles. The molecular formula is C21H20N4O3. The summed E-state index contributed by atoms with van der Waals surface area (Å²) < 4.78 is 7.37. The summed E-state index contributed by atoms with van der Waals surface area (Å²) in [5.41, 5.74) is 1.89. The van der Waals surface area contributed by atoms with Crippen molar-refractivity contribution in [3.63, 3.8) is 0 Å². The highest BCUT2D eigenvalue weighted by atomic mass is 16.4. The molecule has 0 radical (unpaired) electrons. The van der Waals surface area contributed by atoms with Gasteiger partial charge < -0.3 is 14.6 Å². The largest absolute Gasteiger partial charge is 0.443 e. The number of rotatable bonds is 5. The molecule has 142 valence electrons. The second-order valence-corrected chi connectivity index (χ2v) is 6.35. The number of hydrogen-bond acceptors (Lipinski definition) is 4. The standard InChI is InChI=1S/C21H20N4O3/c1-14-18(17(12-22)21(28-14)25-10-4-5-11-25)20(27)24(3)13-15-6-8-16(9-7-15)19(26)23-2/h4-11H,13H2,1-3H3,(H,23,26). The van der Waals surface area contributed by atoms with Gasteiger partial charge in [-0.05, 0) is 36.8 Å². The van der Waals surface area contributed by atoms with Gasteiger partial charge in [-0.1, -0.05) is 12.1 Å². The smallest absolute Gasteiger partial charge is 0.258 e. The zero-order valence-electron chi connectivity index (χ0n) is 15.9. The highest BCUT2D eigenvalue weighted by molar-refractivity contribution is 5.98. The quantitative estimate of drug-likeness (QED) is 0.741. The number of nitrogens with one attached hydrogen (secondary N) is 1. The van der Waals surface area contributed by atoms with Gasteiger partial charge in [0.15, 0.2) is 0 Å². The van der Waals surface area contributed by atoms with Crippen LogP contribution in [0.3, 0.4) is 0 Å². The zero-order chi connectivity index (χ0) is 20.3. The predicted molar refractivity (Wildman–Crippen MR) is 103 cm³/mol. The molecule has 0 bridgehead atoms. The number of aryl methyl sites for hydroxylation is 1. The third-order valence-corrected chi connectivity index (χ3v) is 4.44. The van der Waals surface area contributed by atoms with Crippen LogP contribution in [0.5, 0.6) is 0 Å². The van der Waals surface area contributed by atoms with Crippen LogP contribution in [0.2, 0.25) is 0 Å². The summed E-state index contributed by atoms with van der Waals surface area (Å²) in [6.45, 7) is 2.01. The van der Waals surface area contributed by atoms with Crippen LogP contribution < -0.4 is 5.32 Å². The molecule has 0 saturated heterocycles. The molecule has 0 saturated carbocycles. The number of furan rings is 1. The molecule has 7 nitrogen and oxygen atoms in total. The number of carbonyl (C=O) groups is 2. The van der Waals surface area contributed by atoms with Crippen LogP contribution in [0.1, 0.15) is 37.6 Å². The van der Waals surface area contributed by atoms with Gasteiger partial charge in [0.05, 0.1) is 0 Å². The number of aromatic nitrogens is 1. The van der Waals surface area contributed by atoms with E-state index in [9.17, 15) is 14.9 Å². The minimum absolute atomic E-state index is 0.166. The zero-order valence-corrected chi connectivity index (χ0v) is 15.9. The summed E-state index contributed by atoms with van der Waals surface area (Å²) in [6, 6.07) is 12.7. The van der Waals surface area contributed by atoms with Gasteiger partial charge >= 0.3 is 0 Å². The van der Waals surface area contributed by atoms with E-state index in [1.165, 1.54) is 4.90 Å². The monoisotopic (exact) mass is 376 g/mol. The van der Waals surface area contributed by atoms with E-state index < -0.39 is 0 Å². The Morgan fingerprint density at radius 3 is 2.43 bits per heavy atom. The maximum absolute atomic E-state index is 13.0. The molecule has 0 atom stereocenters. The fourth-order valence-electron chi connectivity index (χ4n) is 2.99. The fraction of sp³-hybridized carbons (Fsp3) is 0.190. The van der Waals surface area contributed by atoms with Crippen molar-refractivity contribution in [2.45, 2.75) is 13.5 Å². The normalized spacial score (nSPS) is 10.4. The van der Waals surface area contributed by atoms with Gasteiger partial charge in [-0.3, -0.25) is 14.2 Å². The highest BCUT2D eigenvalue weighted by Crippen LogP contribution is 2.26. The van der Waals surface area contributed by atoms with E-state index in [1.807, 2.05) is 12.1 Å². The number of hydrogen-bond donors (Lipinski definition) is 1. The highest BCUT2D eigenvalue weighted by Gasteiger charge is 2.26. The van der Waals surface area contributed by atoms with Crippen molar-refractivity contribution in [1.29, 1.82) is 5.26 Å². The molecule has 3 rings (SSSR count). The Balaban J connectivity index is 1.84. The van der Waals surface area contributed by atoms with Crippen LogP contribution >= 0.6 is 0 Å². The minimum atomic E-state index is -0.299. The average molecular weight is 376 g/mol. The Morgan fingerprint density at radius 2 is 1.86 bits per heavy atom. The van der Waals surface area contributed by atoms with Crippen molar-refractivity contribution in [3.05, 3.63) is 76.8 Å². The summed E-state index contributed by atoms with van der Waals surface area (Å²) in [5, 5.41) is 12.2. The maximum Gasteiger partial charge on any atom is 0.258 e. The third kappa shape index (κ3) is 3.53. The van der Waals surface area contributed by atoms with E-state index in [0.717, 1.165) is 5.56 Å². The van der Waals surface area contributed by atoms with Gasteiger partial charge in [-0.25, -0.2) is 0 Å². The van der Waals surface area contributed by atoms with Crippen LogP contribution in [0, 0.1) is 18.3 Å². The fourth-order valence-corrected chi connectivity index (χ4v) is 2.99. The first-order valence-electron chi connectivity index (χ1n) is 8.69. The van der Waals surface area contributed by atoms with Crippen molar-refractivity contribution in [3.8, 4) is 12.0 Å². The maximum atomic E-state index is 13.0. The van der Waals surface area contributed by atoms with Crippen molar-refractivity contribution in [2.24, 2.45) is 0 Å². The van der Waals surface area contributed by atoms with Gasteiger partial charge in [0.1, 0.15) is 23.0 Å². The Morgan fingerprint density at radius 1 is 1.21 bits per heavy atom. The van der Waals surface area contributed by atoms with Crippen molar-refractivity contribution in [2.75, 3.05) is 14.1 Å². The number of carbonyl (C=O) groups excluding carboxylic acids is 2. The Kier molecular flexibility index (Phi) is 5.32. The van der Waals surface area contributed by atoms with Gasteiger partial charge in [-0.2, -0.15) is 5.26 Å². The molecule has 1 aromatic carbocycles.